The maximum Gasteiger partial charge on any atom is 0.256 e. The van der Waals surface area contributed by atoms with Crippen LogP contribution >= 0.6 is 39.1 Å². The van der Waals surface area contributed by atoms with Gasteiger partial charge in [0.05, 0.1) is 6.54 Å². The minimum atomic E-state index is -0.213. The van der Waals surface area contributed by atoms with Crippen LogP contribution < -0.4 is 5.32 Å². The second kappa shape index (κ2) is 7.60. The second-order valence-corrected chi connectivity index (χ2v) is 7.29. The van der Waals surface area contributed by atoms with Gasteiger partial charge in [-0.25, -0.2) is 0 Å². The third-order valence-electron chi connectivity index (χ3n) is 3.64. The first kappa shape index (κ1) is 18.0. The average Bonchev–Trinajstić information content (AvgIpc) is 2.89. The normalized spacial score (nSPS) is 10.7. The summed E-state index contributed by atoms with van der Waals surface area (Å²) in [6.07, 6.45) is 0. The Bertz CT molecular complexity index is 940. The van der Waals surface area contributed by atoms with E-state index in [0.717, 1.165) is 15.7 Å². The lowest BCUT2D eigenvalue weighted by Crippen LogP contribution is -2.13. The van der Waals surface area contributed by atoms with Gasteiger partial charge in [-0.15, -0.1) is 0 Å². The van der Waals surface area contributed by atoms with Crippen LogP contribution in [0.1, 0.15) is 21.6 Å². The van der Waals surface area contributed by atoms with E-state index >= 15 is 0 Å². The van der Waals surface area contributed by atoms with E-state index in [-0.39, 0.29) is 5.91 Å². The van der Waals surface area contributed by atoms with Gasteiger partial charge >= 0.3 is 0 Å². The fourth-order valence-electron chi connectivity index (χ4n) is 2.36. The molecule has 1 heterocycles. The van der Waals surface area contributed by atoms with Gasteiger partial charge in [0.15, 0.2) is 5.82 Å². The van der Waals surface area contributed by atoms with Gasteiger partial charge < -0.3 is 5.32 Å². The summed E-state index contributed by atoms with van der Waals surface area (Å²) >= 11 is 15.5. The Kier molecular flexibility index (Phi) is 5.47. The molecule has 0 saturated carbocycles. The van der Waals surface area contributed by atoms with Crippen LogP contribution in [0.25, 0.3) is 0 Å². The van der Waals surface area contributed by atoms with Crippen LogP contribution in [0.3, 0.4) is 0 Å². The van der Waals surface area contributed by atoms with Crippen molar-refractivity contribution < 1.29 is 4.79 Å². The molecule has 0 bridgehead atoms. The van der Waals surface area contributed by atoms with Crippen LogP contribution in [-0.4, -0.2) is 15.7 Å². The molecular formula is C18H14BrCl2N3O. The molecule has 0 aliphatic heterocycles. The van der Waals surface area contributed by atoms with Crippen molar-refractivity contribution in [3.63, 3.8) is 0 Å². The van der Waals surface area contributed by atoms with Crippen molar-refractivity contribution in [3.05, 3.63) is 79.9 Å². The maximum absolute atomic E-state index is 12.3. The number of carbonyl (C=O) groups is 1. The van der Waals surface area contributed by atoms with Crippen LogP contribution in [-0.2, 0) is 6.54 Å². The number of amides is 1. The fourth-order valence-corrected chi connectivity index (χ4v) is 3.23. The van der Waals surface area contributed by atoms with Crippen LogP contribution in [0.5, 0.6) is 0 Å². The summed E-state index contributed by atoms with van der Waals surface area (Å²) < 4.78 is 2.63. The molecule has 128 valence electrons. The molecule has 0 unspecified atom stereocenters. The van der Waals surface area contributed by atoms with Crippen molar-refractivity contribution in [1.29, 1.82) is 0 Å². The number of nitrogens with zero attached hydrogens (tertiary/aromatic N) is 2. The van der Waals surface area contributed by atoms with E-state index in [9.17, 15) is 4.79 Å². The topological polar surface area (TPSA) is 46.9 Å². The standard InChI is InChI=1S/C18H14BrCl2N3O/c1-11-7-17(22-18(25)12-3-2-4-14(19)8-12)23-24(11)10-13-5-6-15(20)9-16(13)21/h2-9H,10H2,1H3,(H,22,23,25). The summed E-state index contributed by atoms with van der Waals surface area (Å²) in [6.45, 7) is 2.42. The molecule has 0 radical (unpaired) electrons. The number of carbonyl (C=O) groups excluding carboxylic acids is 1. The predicted molar refractivity (Wildman–Crippen MR) is 105 cm³/mol. The van der Waals surface area contributed by atoms with Gasteiger partial charge in [-0.3, -0.25) is 9.48 Å². The highest BCUT2D eigenvalue weighted by atomic mass is 79.9. The molecular weight excluding hydrogens is 425 g/mol. The Hall–Kier alpha value is -1.82. The second-order valence-electron chi connectivity index (χ2n) is 5.53. The number of hydrogen-bond acceptors (Lipinski definition) is 2. The summed E-state index contributed by atoms with van der Waals surface area (Å²) in [7, 11) is 0. The van der Waals surface area contributed by atoms with E-state index in [1.54, 1.807) is 28.9 Å². The first-order chi connectivity index (χ1) is 11.9. The molecule has 0 aliphatic carbocycles. The van der Waals surface area contributed by atoms with E-state index in [2.05, 4.69) is 26.3 Å². The monoisotopic (exact) mass is 437 g/mol. The molecule has 0 atom stereocenters. The molecule has 7 heteroatoms. The van der Waals surface area contributed by atoms with Crippen LogP contribution in [0.2, 0.25) is 10.0 Å². The maximum atomic E-state index is 12.3. The summed E-state index contributed by atoms with van der Waals surface area (Å²) in [5.74, 6) is 0.281. The van der Waals surface area contributed by atoms with E-state index in [4.69, 9.17) is 23.2 Å². The number of nitrogens with one attached hydrogen (secondary N) is 1. The molecule has 0 saturated heterocycles. The minimum Gasteiger partial charge on any atom is -0.305 e. The molecule has 0 fully saturated rings. The SMILES string of the molecule is Cc1cc(NC(=O)c2cccc(Br)c2)nn1Cc1ccc(Cl)cc1Cl. The van der Waals surface area contributed by atoms with Crippen LogP contribution in [0.4, 0.5) is 5.82 Å². The van der Waals surface area contributed by atoms with E-state index in [0.29, 0.717) is 28.0 Å². The predicted octanol–water partition coefficient (Wildman–Crippen LogP) is 5.56. The Balaban J connectivity index is 1.77. The molecule has 1 N–H and O–H groups in total. The van der Waals surface area contributed by atoms with Crippen molar-refractivity contribution in [2.45, 2.75) is 13.5 Å². The largest absolute Gasteiger partial charge is 0.305 e. The van der Waals surface area contributed by atoms with Gasteiger partial charge in [-0.1, -0.05) is 51.3 Å². The Morgan fingerprint density at radius 3 is 2.72 bits per heavy atom. The van der Waals surface area contributed by atoms with Gasteiger partial charge in [0, 0.05) is 31.8 Å². The molecule has 3 aromatic rings. The van der Waals surface area contributed by atoms with Gasteiger partial charge in [0.25, 0.3) is 5.91 Å². The quantitative estimate of drug-likeness (QED) is 0.579. The molecule has 0 aliphatic rings. The molecule has 4 nitrogen and oxygen atoms in total. The molecule has 1 amide bonds. The third kappa shape index (κ3) is 4.42. The highest BCUT2D eigenvalue weighted by Crippen LogP contribution is 2.23. The first-order valence-electron chi connectivity index (χ1n) is 7.47. The number of rotatable bonds is 4. The van der Waals surface area contributed by atoms with Gasteiger partial charge in [-0.05, 0) is 42.8 Å². The number of benzene rings is 2. The van der Waals surface area contributed by atoms with Crippen molar-refractivity contribution in [2.24, 2.45) is 0 Å². The first-order valence-corrected chi connectivity index (χ1v) is 9.02. The zero-order chi connectivity index (χ0) is 18.0. The Morgan fingerprint density at radius 2 is 2.00 bits per heavy atom. The smallest absolute Gasteiger partial charge is 0.256 e. The van der Waals surface area contributed by atoms with Gasteiger partial charge in [-0.2, -0.15) is 5.10 Å². The number of aryl methyl sites for hydroxylation is 1. The van der Waals surface area contributed by atoms with Crippen LogP contribution in [0, 0.1) is 6.92 Å². The van der Waals surface area contributed by atoms with Crippen molar-refractivity contribution >= 4 is 50.9 Å². The molecule has 0 spiro atoms. The number of hydrogen-bond donors (Lipinski definition) is 1. The summed E-state index contributed by atoms with van der Waals surface area (Å²) in [5.41, 5.74) is 2.38. The van der Waals surface area contributed by atoms with Gasteiger partial charge in [0.2, 0.25) is 0 Å². The lowest BCUT2D eigenvalue weighted by molar-refractivity contribution is 0.102. The van der Waals surface area contributed by atoms with E-state index in [1.165, 1.54) is 0 Å². The lowest BCUT2D eigenvalue weighted by atomic mass is 10.2. The summed E-state index contributed by atoms with van der Waals surface area (Å²) in [4.78, 5) is 12.3. The van der Waals surface area contributed by atoms with Crippen molar-refractivity contribution in [2.75, 3.05) is 5.32 Å². The fraction of sp³-hybridized carbons (Fsp3) is 0.111. The number of halogens is 3. The lowest BCUT2D eigenvalue weighted by Gasteiger charge is -2.07. The number of anilines is 1. The van der Waals surface area contributed by atoms with Crippen LogP contribution in [0.15, 0.2) is 53.0 Å². The molecule has 3 rings (SSSR count). The molecule has 1 aromatic heterocycles. The van der Waals surface area contributed by atoms with Crippen molar-refractivity contribution in [1.82, 2.24) is 9.78 Å². The molecule has 2 aromatic carbocycles. The third-order valence-corrected chi connectivity index (χ3v) is 4.73. The average molecular weight is 439 g/mol. The van der Waals surface area contributed by atoms with E-state index < -0.39 is 0 Å². The Labute approximate surface area is 163 Å². The summed E-state index contributed by atoms with van der Waals surface area (Å²) in [5, 5.41) is 8.42. The highest BCUT2D eigenvalue weighted by Gasteiger charge is 2.11. The van der Waals surface area contributed by atoms with E-state index in [1.807, 2.05) is 31.2 Å². The van der Waals surface area contributed by atoms with Crippen molar-refractivity contribution in [3.8, 4) is 0 Å². The highest BCUT2D eigenvalue weighted by molar-refractivity contribution is 9.10. The Morgan fingerprint density at radius 1 is 1.20 bits per heavy atom. The summed E-state index contributed by atoms with van der Waals surface area (Å²) in [6, 6.07) is 14.4. The molecule has 25 heavy (non-hydrogen) atoms. The zero-order valence-electron chi connectivity index (χ0n) is 13.3. The van der Waals surface area contributed by atoms with Gasteiger partial charge in [0.1, 0.15) is 0 Å². The minimum absolute atomic E-state index is 0.213. The number of aromatic nitrogens is 2. The zero-order valence-corrected chi connectivity index (χ0v) is 16.4.